The molecule has 0 bridgehead atoms. The lowest BCUT2D eigenvalue weighted by Crippen LogP contribution is -2.28. The van der Waals surface area contributed by atoms with Crippen molar-refractivity contribution in [2.24, 2.45) is 0 Å². The molecule has 0 saturated heterocycles. The van der Waals surface area contributed by atoms with Gasteiger partial charge in [0.2, 0.25) is 0 Å². The molecule has 1 unspecified atom stereocenters. The summed E-state index contributed by atoms with van der Waals surface area (Å²) in [4.78, 5) is 12.5. The zero-order valence-corrected chi connectivity index (χ0v) is 17.4. The van der Waals surface area contributed by atoms with Gasteiger partial charge in [-0.15, -0.1) is 21.8 Å². The number of rotatable bonds is 2. The van der Waals surface area contributed by atoms with Crippen LogP contribution in [-0.4, -0.2) is 30.9 Å². The van der Waals surface area contributed by atoms with Crippen LogP contribution >= 0.6 is 11.6 Å². The number of carboxylic acid groups (broad SMARTS) is 1. The standard InChI is InChI=1S/C23H20ClFN4O2/c24-23(9-7-16(8-10-23)15-1-4-19(25)5-2-15)18-3-6-20-17(11-18)12-28(22(30)31)13-21-27-26-14-29(20)21/h1-7,11,14H,8-10,12-13H2,(H,30,31). The van der Waals surface area contributed by atoms with E-state index >= 15 is 0 Å². The average Bonchev–Trinajstić information content (AvgIpc) is 3.16. The molecule has 0 radical (unpaired) electrons. The second-order valence-electron chi connectivity index (χ2n) is 8.00. The van der Waals surface area contributed by atoms with E-state index in [2.05, 4.69) is 16.3 Å². The number of hydrogen-bond donors (Lipinski definition) is 1. The van der Waals surface area contributed by atoms with Crippen molar-refractivity contribution in [2.45, 2.75) is 37.2 Å². The number of carbonyl (C=O) groups is 1. The summed E-state index contributed by atoms with van der Waals surface area (Å²) in [6.07, 6.45) is 4.88. The number of fused-ring (bicyclic) bond motifs is 3. The maximum Gasteiger partial charge on any atom is 0.408 e. The number of benzene rings is 2. The summed E-state index contributed by atoms with van der Waals surface area (Å²) in [5.74, 6) is 0.336. The summed E-state index contributed by atoms with van der Waals surface area (Å²) >= 11 is 7.07. The number of alkyl halides is 1. The molecule has 3 aromatic rings. The van der Waals surface area contributed by atoms with E-state index in [1.807, 2.05) is 22.8 Å². The van der Waals surface area contributed by atoms with E-state index < -0.39 is 11.0 Å². The first-order valence-corrected chi connectivity index (χ1v) is 10.5. The highest BCUT2D eigenvalue weighted by Gasteiger charge is 2.33. The molecule has 2 aliphatic rings. The molecule has 1 amide bonds. The Morgan fingerprint density at radius 3 is 2.68 bits per heavy atom. The molecule has 1 aromatic heterocycles. The van der Waals surface area contributed by atoms with Gasteiger partial charge in [-0.3, -0.25) is 9.47 Å². The first-order chi connectivity index (χ1) is 14.9. The molecular formula is C23H20ClFN4O2. The molecule has 5 rings (SSSR count). The lowest BCUT2D eigenvalue weighted by Gasteiger charge is -2.32. The van der Waals surface area contributed by atoms with Gasteiger partial charge in [-0.2, -0.15) is 0 Å². The molecule has 1 N–H and O–H groups in total. The molecule has 0 saturated carbocycles. The fraction of sp³-hybridized carbons (Fsp3) is 0.261. The lowest BCUT2D eigenvalue weighted by molar-refractivity contribution is 0.139. The average molecular weight is 439 g/mol. The first kappa shape index (κ1) is 19.8. The molecule has 1 atom stereocenters. The van der Waals surface area contributed by atoms with Crippen LogP contribution in [-0.2, 0) is 18.0 Å². The largest absolute Gasteiger partial charge is 0.465 e. The van der Waals surface area contributed by atoms with Crippen LogP contribution in [0.5, 0.6) is 0 Å². The SMILES string of the molecule is O=C(O)N1Cc2cc(C3(Cl)CC=C(c4ccc(F)cc4)CC3)ccc2-n2cnnc2C1. The van der Waals surface area contributed by atoms with E-state index in [4.69, 9.17) is 11.6 Å². The maximum atomic E-state index is 13.2. The van der Waals surface area contributed by atoms with Crippen LogP contribution in [0.1, 0.15) is 41.8 Å². The molecule has 8 heteroatoms. The number of hydrogen-bond acceptors (Lipinski definition) is 3. The van der Waals surface area contributed by atoms with Gasteiger partial charge in [-0.1, -0.05) is 30.3 Å². The zero-order valence-electron chi connectivity index (χ0n) is 16.6. The van der Waals surface area contributed by atoms with Crippen LogP contribution in [0, 0.1) is 5.82 Å². The lowest BCUT2D eigenvalue weighted by atomic mass is 9.81. The predicted molar refractivity (Wildman–Crippen MR) is 114 cm³/mol. The number of halogens is 2. The second kappa shape index (κ2) is 7.50. The van der Waals surface area contributed by atoms with Crippen molar-refractivity contribution in [3.8, 4) is 5.69 Å². The van der Waals surface area contributed by atoms with Crippen molar-refractivity contribution in [3.63, 3.8) is 0 Å². The summed E-state index contributed by atoms with van der Waals surface area (Å²) in [6.45, 7) is 0.431. The van der Waals surface area contributed by atoms with Gasteiger partial charge in [0.1, 0.15) is 12.1 Å². The highest BCUT2D eigenvalue weighted by atomic mass is 35.5. The second-order valence-corrected chi connectivity index (χ2v) is 8.73. The predicted octanol–water partition coefficient (Wildman–Crippen LogP) is 5.10. The Labute approximate surface area is 183 Å². The van der Waals surface area contributed by atoms with E-state index in [1.165, 1.54) is 17.0 Å². The fourth-order valence-corrected chi connectivity index (χ4v) is 4.66. The van der Waals surface area contributed by atoms with Gasteiger partial charge >= 0.3 is 6.09 Å². The van der Waals surface area contributed by atoms with Crippen molar-refractivity contribution in [1.82, 2.24) is 19.7 Å². The number of nitrogens with zero attached hydrogens (tertiary/aromatic N) is 4. The third-order valence-corrected chi connectivity index (χ3v) is 6.68. The van der Waals surface area contributed by atoms with E-state index in [-0.39, 0.29) is 18.9 Å². The molecular weight excluding hydrogens is 419 g/mol. The molecule has 1 aliphatic carbocycles. The summed E-state index contributed by atoms with van der Waals surface area (Å²) in [5.41, 5.74) is 4.87. The van der Waals surface area contributed by atoms with Gasteiger partial charge in [0.15, 0.2) is 5.82 Å². The Bertz CT molecular complexity index is 1190. The normalized spacial score (nSPS) is 20.5. The van der Waals surface area contributed by atoms with Crippen molar-refractivity contribution in [1.29, 1.82) is 0 Å². The topological polar surface area (TPSA) is 71.2 Å². The monoisotopic (exact) mass is 438 g/mol. The molecule has 158 valence electrons. The minimum atomic E-state index is -1.00. The Morgan fingerprint density at radius 2 is 1.97 bits per heavy atom. The summed E-state index contributed by atoms with van der Waals surface area (Å²) in [6, 6.07) is 12.5. The summed E-state index contributed by atoms with van der Waals surface area (Å²) in [5, 5.41) is 17.6. The molecule has 31 heavy (non-hydrogen) atoms. The summed E-state index contributed by atoms with van der Waals surface area (Å²) < 4.78 is 15.1. The Morgan fingerprint density at radius 1 is 1.16 bits per heavy atom. The fourth-order valence-electron chi connectivity index (χ4n) is 4.37. The van der Waals surface area contributed by atoms with Gasteiger partial charge in [0.05, 0.1) is 23.7 Å². The summed E-state index contributed by atoms with van der Waals surface area (Å²) in [7, 11) is 0. The molecule has 0 fully saturated rings. The van der Waals surface area contributed by atoms with Crippen LogP contribution in [0.4, 0.5) is 9.18 Å². The quantitative estimate of drug-likeness (QED) is 0.565. The third-order valence-electron chi connectivity index (χ3n) is 6.12. The molecule has 6 nitrogen and oxygen atoms in total. The Balaban J connectivity index is 1.47. The van der Waals surface area contributed by atoms with Gasteiger partial charge in [-0.25, -0.2) is 9.18 Å². The molecule has 2 aromatic carbocycles. The van der Waals surface area contributed by atoms with E-state index in [9.17, 15) is 14.3 Å². The van der Waals surface area contributed by atoms with Crippen LogP contribution in [0.25, 0.3) is 11.3 Å². The minimum absolute atomic E-state index is 0.176. The maximum absolute atomic E-state index is 13.2. The van der Waals surface area contributed by atoms with Gasteiger partial charge < -0.3 is 5.11 Å². The van der Waals surface area contributed by atoms with E-state index in [0.717, 1.165) is 40.8 Å². The Hall–Kier alpha value is -3.19. The van der Waals surface area contributed by atoms with Crippen molar-refractivity contribution in [2.75, 3.05) is 0 Å². The number of aromatic nitrogens is 3. The Kier molecular flexibility index (Phi) is 4.78. The third kappa shape index (κ3) is 3.59. The van der Waals surface area contributed by atoms with Gasteiger partial charge in [-0.05, 0) is 59.7 Å². The minimum Gasteiger partial charge on any atom is -0.465 e. The smallest absolute Gasteiger partial charge is 0.408 e. The first-order valence-electron chi connectivity index (χ1n) is 10.1. The number of allylic oxidation sites excluding steroid dienone is 2. The van der Waals surface area contributed by atoms with E-state index in [1.54, 1.807) is 18.5 Å². The molecule has 2 heterocycles. The zero-order chi connectivity index (χ0) is 21.6. The van der Waals surface area contributed by atoms with Crippen molar-refractivity contribution >= 4 is 23.3 Å². The van der Waals surface area contributed by atoms with Gasteiger partial charge in [0.25, 0.3) is 0 Å². The molecule has 1 aliphatic heterocycles. The van der Waals surface area contributed by atoms with E-state index in [0.29, 0.717) is 12.2 Å². The van der Waals surface area contributed by atoms with Crippen LogP contribution in [0.2, 0.25) is 0 Å². The van der Waals surface area contributed by atoms with Crippen LogP contribution in [0.3, 0.4) is 0 Å². The van der Waals surface area contributed by atoms with Crippen LogP contribution < -0.4 is 0 Å². The van der Waals surface area contributed by atoms with Crippen molar-refractivity contribution < 1.29 is 14.3 Å². The number of amides is 1. The highest BCUT2D eigenvalue weighted by molar-refractivity contribution is 6.24. The van der Waals surface area contributed by atoms with Crippen molar-refractivity contribution in [3.05, 3.63) is 83.2 Å². The highest BCUT2D eigenvalue weighted by Crippen LogP contribution is 2.45. The molecule has 0 spiro atoms. The van der Waals surface area contributed by atoms with Gasteiger partial charge in [0, 0.05) is 0 Å². The van der Waals surface area contributed by atoms with Crippen LogP contribution in [0.15, 0.2) is 54.9 Å².